The molecule has 2 aliphatic heterocycles. The molecule has 146 valence electrons. The number of ether oxygens (including phenoxy) is 1. The van der Waals surface area contributed by atoms with Crippen LogP contribution in [0.25, 0.3) is 0 Å². The number of alkyl halides is 3. The van der Waals surface area contributed by atoms with Crippen LogP contribution in [-0.2, 0) is 25.3 Å². The molecule has 0 aromatic carbocycles. The van der Waals surface area contributed by atoms with E-state index in [1.165, 1.54) is 7.05 Å². The van der Waals surface area contributed by atoms with Crippen molar-refractivity contribution in [3.8, 4) is 0 Å². The van der Waals surface area contributed by atoms with Crippen molar-refractivity contribution in [3.63, 3.8) is 0 Å². The number of amides is 2. The number of esters is 1. The van der Waals surface area contributed by atoms with Gasteiger partial charge in [0.1, 0.15) is 5.69 Å². The van der Waals surface area contributed by atoms with Crippen LogP contribution in [-0.4, -0.2) is 59.1 Å². The van der Waals surface area contributed by atoms with Crippen molar-refractivity contribution in [2.45, 2.75) is 17.8 Å². The summed E-state index contributed by atoms with van der Waals surface area (Å²) < 4.78 is 42.9. The zero-order valence-corrected chi connectivity index (χ0v) is 14.3. The Labute approximate surface area is 151 Å². The largest absolute Gasteiger partial charge is 0.468 e. The number of rotatable bonds is 3. The van der Waals surface area contributed by atoms with Crippen LogP contribution in [0.15, 0.2) is 18.3 Å². The second kappa shape index (κ2) is 6.27. The Morgan fingerprint density at radius 1 is 1.37 bits per heavy atom. The summed E-state index contributed by atoms with van der Waals surface area (Å²) in [4.78, 5) is 41.6. The summed E-state index contributed by atoms with van der Waals surface area (Å²) in [7, 11) is 2.30. The highest BCUT2D eigenvalue weighted by atomic mass is 19.4. The number of likely N-dealkylation sites (tertiary alicyclic amines) is 1. The molecule has 2 fully saturated rings. The van der Waals surface area contributed by atoms with Crippen LogP contribution in [0, 0.1) is 11.8 Å². The maximum absolute atomic E-state index is 12.7. The maximum atomic E-state index is 12.7. The number of carbonyl (C=O) groups is 3. The van der Waals surface area contributed by atoms with Gasteiger partial charge in [-0.25, -0.2) is 4.79 Å². The van der Waals surface area contributed by atoms with E-state index in [1.807, 2.05) is 0 Å². The molecule has 8 nitrogen and oxygen atoms in total. The second-order valence-corrected chi connectivity index (χ2v) is 6.46. The first-order chi connectivity index (χ1) is 12.6. The van der Waals surface area contributed by atoms with Gasteiger partial charge in [0.15, 0.2) is 5.54 Å². The predicted molar refractivity (Wildman–Crippen MR) is 81.7 cm³/mol. The molecule has 2 aliphatic rings. The van der Waals surface area contributed by atoms with E-state index >= 15 is 0 Å². The molecule has 27 heavy (non-hydrogen) atoms. The molecular weight excluding hydrogens is 371 g/mol. The Kier molecular flexibility index (Phi) is 4.47. The minimum atomic E-state index is -4.63. The van der Waals surface area contributed by atoms with Crippen LogP contribution in [0.2, 0.25) is 0 Å². The Bertz CT molecular complexity index is 797. The molecule has 0 spiro atoms. The van der Waals surface area contributed by atoms with Gasteiger partial charge in [0, 0.05) is 19.3 Å². The van der Waals surface area contributed by atoms with Crippen molar-refractivity contribution in [1.82, 2.24) is 15.2 Å². The lowest BCUT2D eigenvalue weighted by molar-refractivity contribution is -0.156. The molecule has 4 atom stereocenters. The molecular formula is C16H16F3N3O5. The van der Waals surface area contributed by atoms with E-state index in [0.29, 0.717) is 0 Å². The maximum Gasteiger partial charge on any atom is 0.433 e. The van der Waals surface area contributed by atoms with Crippen LogP contribution >= 0.6 is 0 Å². The molecule has 0 aliphatic carbocycles. The first kappa shape index (κ1) is 19.2. The van der Waals surface area contributed by atoms with Gasteiger partial charge < -0.3 is 9.84 Å². The van der Waals surface area contributed by atoms with E-state index in [-0.39, 0.29) is 5.56 Å². The quantitative estimate of drug-likeness (QED) is 0.550. The highest BCUT2D eigenvalue weighted by Gasteiger charge is 2.68. The number of fused-ring (bicyclic) bond motifs is 1. The number of pyridine rings is 1. The number of aliphatic hydroxyl groups excluding tert-OH is 1. The lowest BCUT2D eigenvalue weighted by Gasteiger charge is -2.29. The Balaban J connectivity index is 2.07. The molecule has 1 aromatic heterocycles. The summed E-state index contributed by atoms with van der Waals surface area (Å²) in [6, 6.07) is 0.858. The summed E-state index contributed by atoms with van der Waals surface area (Å²) >= 11 is 0. The number of aromatic nitrogens is 1. The van der Waals surface area contributed by atoms with Crippen molar-refractivity contribution >= 4 is 17.8 Å². The lowest BCUT2D eigenvalue weighted by Crippen LogP contribution is -2.58. The SMILES string of the molecule is COC(=O)[C@]1(CO)N[C@H](c2ccc(C(F)(F)F)nc2)[C@@H]2C(=O)N(C)C(=O)[C@@H]21. The fourth-order valence-corrected chi connectivity index (χ4v) is 3.77. The van der Waals surface area contributed by atoms with Crippen molar-refractivity contribution < 1.29 is 37.4 Å². The van der Waals surface area contributed by atoms with Crippen molar-refractivity contribution in [2.75, 3.05) is 20.8 Å². The van der Waals surface area contributed by atoms with Crippen LogP contribution in [0.4, 0.5) is 13.2 Å². The third kappa shape index (κ3) is 2.69. The third-order valence-corrected chi connectivity index (χ3v) is 5.11. The van der Waals surface area contributed by atoms with Gasteiger partial charge >= 0.3 is 12.1 Å². The molecule has 1 aromatic rings. The average molecular weight is 387 g/mol. The molecule has 0 saturated carbocycles. The normalized spacial score (nSPS) is 30.6. The lowest BCUT2D eigenvalue weighted by atomic mass is 9.80. The van der Waals surface area contributed by atoms with Crippen LogP contribution in [0.3, 0.4) is 0 Å². The number of imide groups is 1. The van der Waals surface area contributed by atoms with Gasteiger partial charge in [-0.2, -0.15) is 13.2 Å². The van der Waals surface area contributed by atoms with Crippen molar-refractivity contribution in [1.29, 1.82) is 0 Å². The predicted octanol–water partition coefficient (Wildman–Crippen LogP) is -0.120. The Morgan fingerprint density at radius 2 is 2.04 bits per heavy atom. The number of nitrogens with zero attached hydrogens (tertiary/aromatic N) is 2. The number of carbonyl (C=O) groups excluding carboxylic acids is 3. The fourth-order valence-electron chi connectivity index (χ4n) is 3.77. The van der Waals surface area contributed by atoms with Gasteiger partial charge in [0.25, 0.3) is 0 Å². The summed E-state index contributed by atoms with van der Waals surface area (Å²) in [5, 5.41) is 12.6. The molecule has 0 bridgehead atoms. The summed E-state index contributed by atoms with van der Waals surface area (Å²) in [6.07, 6.45) is -3.71. The third-order valence-electron chi connectivity index (χ3n) is 5.11. The van der Waals surface area contributed by atoms with E-state index in [9.17, 15) is 32.7 Å². The molecule has 3 rings (SSSR count). The van der Waals surface area contributed by atoms with E-state index in [2.05, 4.69) is 10.3 Å². The highest BCUT2D eigenvalue weighted by Crippen LogP contribution is 2.48. The van der Waals surface area contributed by atoms with Gasteiger partial charge in [-0.1, -0.05) is 6.07 Å². The molecule has 2 saturated heterocycles. The molecule has 11 heteroatoms. The molecule has 0 unspecified atom stereocenters. The number of aliphatic hydroxyl groups is 1. The van der Waals surface area contributed by atoms with E-state index in [0.717, 1.165) is 30.3 Å². The number of hydrogen-bond donors (Lipinski definition) is 2. The van der Waals surface area contributed by atoms with Crippen LogP contribution in [0.5, 0.6) is 0 Å². The monoisotopic (exact) mass is 387 g/mol. The number of nitrogens with one attached hydrogen (secondary N) is 1. The van der Waals surface area contributed by atoms with Gasteiger partial charge in [-0.15, -0.1) is 0 Å². The molecule has 0 radical (unpaired) electrons. The summed E-state index contributed by atoms with van der Waals surface area (Å²) in [5.41, 5.74) is -2.83. The van der Waals surface area contributed by atoms with Crippen molar-refractivity contribution in [2.24, 2.45) is 11.8 Å². The fraction of sp³-hybridized carbons (Fsp3) is 0.500. The van der Waals surface area contributed by atoms with Gasteiger partial charge in [-0.3, -0.25) is 24.8 Å². The van der Waals surface area contributed by atoms with Crippen molar-refractivity contribution in [3.05, 3.63) is 29.6 Å². The molecule has 2 amide bonds. The minimum absolute atomic E-state index is 0.175. The van der Waals surface area contributed by atoms with E-state index in [1.54, 1.807) is 0 Å². The summed E-state index contributed by atoms with van der Waals surface area (Å²) in [6.45, 7) is -0.835. The molecule has 3 heterocycles. The van der Waals surface area contributed by atoms with Gasteiger partial charge in [0.05, 0.1) is 25.6 Å². The second-order valence-electron chi connectivity index (χ2n) is 6.46. The van der Waals surface area contributed by atoms with E-state index in [4.69, 9.17) is 4.74 Å². The van der Waals surface area contributed by atoms with Crippen LogP contribution in [0.1, 0.15) is 17.3 Å². The zero-order chi connectivity index (χ0) is 20.1. The first-order valence-electron chi connectivity index (χ1n) is 7.90. The van der Waals surface area contributed by atoms with Gasteiger partial charge in [-0.05, 0) is 11.6 Å². The number of methoxy groups -OCH3 is 1. The smallest absolute Gasteiger partial charge is 0.433 e. The number of halogens is 3. The minimum Gasteiger partial charge on any atom is -0.468 e. The van der Waals surface area contributed by atoms with Gasteiger partial charge in [0.2, 0.25) is 11.8 Å². The zero-order valence-electron chi connectivity index (χ0n) is 14.3. The topological polar surface area (TPSA) is 109 Å². The standard InChI is InChI=1S/C16H16F3N3O5/c1-22-12(24)9-10(13(22)25)15(6-23,14(26)27-2)21-11(9)7-3-4-8(20-5-7)16(17,18)19/h3-5,9-11,21,23H,6H2,1-2H3/t9-,10-,11-,15-/m1/s1. The Hall–Kier alpha value is -2.53. The Morgan fingerprint density at radius 3 is 2.52 bits per heavy atom. The first-order valence-corrected chi connectivity index (χ1v) is 7.90. The average Bonchev–Trinajstić information content (AvgIpc) is 3.11. The van der Waals surface area contributed by atoms with Crippen LogP contribution < -0.4 is 5.32 Å². The number of hydrogen-bond acceptors (Lipinski definition) is 7. The summed E-state index contributed by atoms with van der Waals surface area (Å²) in [5.74, 6) is -4.58. The highest BCUT2D eigenvalue weighted by molar-refractivity contribution is 6.09. The van der Waals surface area contributed by atoms with E-state index < -0.39 is 59.7 Å². The molecule has 2 N–H and O–H groups in total.